The van der Waals surface area contributed by atoms with E-state index in [-0.39, 0.29) is 12.1 Å². The Hall–Kier alpha value is -2.01. The van der Waals surface area contributed by atoms with Gasteiger partial charge in [0.2, 0.25) is 0 Å². The van der Waals surface area contributed by atoms with Crippen molar-refractivity contribution in [2.24, 2.45) is 0 Å². The third kappa shape index (κ3) is 4.75. The smallest absolute Gasteiger partial charge is 0.319 e. The average molecular weight is 342 g/mol. The first-order valence-electron chi connectivity index (χ1n) is 9.29. The first-order valence-corrected chi connectivity index (χ1v) is 9.29. The second kappa shape index (κ2) is 7.91. The number of nitrogens with one attached hydrogen (secondary N) is 2. The van der Waals surface area contributed by atoms with Crippen molar-refractivity contribution < 1.29 is 4.79 Å². The van der Waals surface area contributed by atoms with E-state index in [2.05, 4.69) is 53.1 Å². The summed E-state index contributed by atoms with van der Waals surface area (Å²) in [7, 11) is 2.12. The molecule has 0 atom stereocenters. The number of carbonyl (C=O) groups is 1. The first-order chi connectivity index (χ1) is 12.0. The highest BCUT2D eigenvalue weighted by molar-refractivity contribution is 5.90. The summed E-state index contributed by atoms with van der Waals surface area (Å²) in [4.78, 5) is 17.0. The topological polar surface area (TPSA) is 47.6 Å². The second-order valence-electron chi connectivity index (χ2n) is 7.47. The minimum atomic E-state index is -0.0949. The number of hydrogen-bond donors (Lipinski definition) is 2. The zero-order valence-corrected chi connectivity index (χ0v) is 15.5. The minimum Gasteiger partial charge on any atom is -0.374 e. The summed E-state index contributed by atoms with van der Waals surface area (Å²) in [5, 5.41) is 6.12. The summed E-state index contributed by atoms with van der Waals surface area (Å²) < 4.78 is 0. The molecular formula is C20H30N4O. The number of nitrogens with zero attached hydrogens (tertiary/aromatic N) is 2. The molecule has 0 saturated carbocycles. The number of fused-ring (bicyclic) bond motifs is 1. The Morgan fingerprint density at radius 1 is 1.28 bits per heavy atom. The molecule has 25 heavy (non-hydrogen) atoms. The SMILES string of the molecule is C=C(C)CN1CCC(NC(=O)Nc2ccc3c(c2)CCCN3C)CC1. The van der Waals surface area contributed by atoms with Crippen LogP contribution < -0.4 is 15.5 Å². The lowest BCUT2D eigenvalue weighted by Gasteiger charge is -2.32. The van der Waals surface area contributed by atoms with Gasteiger partial charge in [0.1, 0.15) is 0 Å². The number of benzene rings is 1. The van der Waals surface area contributed by atoms with E-state index in [0.29, 0.717) is 0 Å². The van der Waals surface area contributed by atoms with Crippen LogP contribution in [-0.4, -0.2) is 50.2 Å². The third-order valence-corrected chi connectivity index (χ3v) is 5.10. The Balaban J connectivity index is 1.49. The number of urea groups is 1. The lowest BCUT2D eigenvalue weighted by Crippen LogP contribution is -2.46. The minimum absolute atomic E-state index is 0.0949. The molecule has 2 N–H and O–H groups in total. The van der Waals surface area contributed by atoms with E-state index in [1.165, 1.54) is 23.2 Å². The maximum absolute atomic E-state index is 12.3. The summed E-state index contributed by atoms with van der Waals surface area (Å²) in [6.45, 7) is 10.1. The summed E-state index contributed by atoms with van der Waals surface area (Å²) >= 11 is 0. The fourth-order valence-electron chi connectivity index (χ4n) is 3.83. The molecule has 0 unspecified atom stereocenters. The second-order valence-corrected chi connectivity index (χ2v) is 7.47. The van der Waals surface area contributed by atoms with E-state index >= 15 is 0 Å². The standard InChI is InChI=1S/C20H30N4O/c1-15(2)14-24-11-8-17(9-12-24)21-20(25)22-18-6-7-19-16(13-18)5-4-10-23(19)3/h6-7,13,17H,1,4-5,8-12,14H2,2-3H3,(H2,21,22,25). The van der Waals surface area contributed by atoms with Gasteiger partial charge in [0.15, 0.2) is 0 Å². The van der Waals surface area contributed by atoms with E-state index in [1.807, 2.05) is 6.07 Å². The molecule has 1 aromatic carbocycles. The fourth-order valence-corrected chi connectivity index (χ4v) is 3.83. The summed E-state index contributed by atoms with van der Waals surface area (Å²) in [6.07, 6.45) is 4.24. The van der Waals surface area contributed by atoms with Gasteiger partial charge in [-0.25, -0.2) is 4.79 Å². The number of rotatable bonds is 4. The zero-order valence-electron chi connectivity index (χ0n) is 15.5. The van der Waals surface area contributed by atoms with Crippen molar-refractivity contribution in [3.63, 3.8) is 0 Å². The fraction of sp³-hybridized carbons (Fsp3) is 0.550. The van der Waals surface area contributed by atoms with Crippen LogP contribution in [0.3, 0.4) is 0 Å². The molecule has 1 saturated heterocycles. The summed E-state index contributed by atoms with van der Waals surface area (Å²) in [5.41, 5.74) is 4.68. The molecule has 0 radical (unpaired) electrons. The molecule has 2 heterocycles. The maximum Gasteiger partial charge on any atom is 0.319 e. The monoisotopic (exact) mass is 342 g/mol. The van der Waals surface area contributed by atoms with E-state index in [4.69, 9.17) is 0 Å². The highest BCUT2D eigenvalue weighted by Crippen LogP contribution is 2.28. The van der Waals surface area contributed by atoms with Gasteiger partial charge in [-0.1, -0.05) is 12.2 Å². The van der Waals surface area contributed by atoms with Gasteiger partial charge in [-0.05, 0) is 56.4 Å². The van der Waals surface area contributed by atoms with Gasteiger partial charge in [-0.15, -0.1) is 0 Å². The van der Waals surface area contributed by atoms with Gasteiger partial charge in [0.25, 0.3) is 0 Å². The Morgan fingerprint density at radius 2 is 2.04 bits per heavy atom. The molecule has 2 aliphatic heterocycles. The molecule has 0 spiro atoms. The Bertz CT molecular complexity index is 635. The van der Waals surface area contributed by atoms with E-state index < -0.39 is 0 Å². The third-order valence-electron chi connectivity index (χ3n) is 5.10. The molecule has 3 rings (SSSR count). The van der Waals surface area contributed by atoms with Crippen molar-refractivity contribution >= 4 is 17.4 Å². The molecule has 2 amide bonds. The molecule has 1 fully saturated rings. The molecule has 0 bridgehead atoms. The number of piperidine rings is 1. The van der Waals surface area contributed by atoms with E-state index in [1.54, 1.807) is 0 Å². The molecule has 5 heteroatoms. The highest BCUT2D eigenvalue weighted by Gasteiger charge is 2.21. The number of carbonyl (C=O) groups excluding carboxylic acids is 1. The Morgan fingerprint density at radius 3 is 2.76 bits per heavy atom. The van der Waals surface area contributed by atoms with E-state index in [9.17, 15) is 4.79 Å². The van der Waals surface area contributed by atoms with Gasteiger partial charge in [0.05, 0.1) is 0 Å². The number of aryl methyl sites for hydroxylation is 1. The Kier molecular flexibility index (Phi) is 5.63. The molecule has 136 valence electrons. The number of likely N-dealkylation sites (tertiary alicyclic amines) is 1. The van der Waals surface area contributed by atoms with Gasteiger partial charge >= 0.3 is 6.03 Å². The van der Waals surface area contributed by atoms with Gasteiger partial charge in [-0.3, -0.25) is 4.90 Å². The van der Waals surface area contributed by atoms with Crippen LogP contribution in [0.15, 0.2) is 30.4 Å². The molecule has 1 aromatic rings. The lowest BCUT2D eigenvalue weighted by molar-refractivity contribution is 0.207. The largest absolute Gasteiger partial charge is 0.374 e. The predicted octanol–water partition coefficient (Wildman–Crippen LogP) is 3.23. The predicted molar refractivity (Wildman–Crippen MR) is 104 cm³/mol. The van der Waals surface area contributed by atoms with Crippen LogP contribution in [0.5, 0.6) is 0 Å². The zero-order chi connectivity index (χ0) is 17.8. The summed E-state index contributed by atoms with van der Waals surface area (Å²) in [5.74, 6) is 0. The number of anilines is 2. The van der Waals surface area contributed by atoms with Crippen LogP contribution in [0.2, 0.25) is 0 Å². The van der Waals surface area contributed by atoms with Crippen LogP contribution in [0.1, 0.15) is 31.7 Å². The van der Waals surface area contributed by atoms with Crippen LogP contribution in [-0.2, 0) is 6.42 Å². The lowest BCUT2D eigenvalue weighted by atomic mass is 10.0. The first kappa shape index (κ1) is 17.8. The molecule has 2 aliphatic rings. The van der Waals surface area contributed by atoms with Gasteiger partial charge < -0.3 is 15.5 Å². The molecule has 5 nitrogen and oxygen atoms in total. The van der Waals surface area contributed by atoms with Crippen molar-refractivity contribution in [3.8, 4) is 0 Å². The average Bonchev–Trinajstić information content (AvgIpc) is 2.56. The Labute approximate surface area is 151 Å². The number of hydrogen-bond acceptors (Lipinski definition) is 3. The van der Waals surface area contributed by atoms with Crippen molar-refractivity contribution in [2.45, 2.75) is 38.6 Å². The van der Waals surface area contributed by atoms with Crippen molar-refractivity contribution in [1.82, 2.24) is 10.2 Å². The quantitative estimate of drug-likeness (QED) is 0.826. The van der Waals surface area contributed by atoms with Crippen LogP contribution >= 0.6 is 0 Å². The molecule has 0 aromatic heterocycles. The van der Waals surface area contributed by atoms with E-state index in [0.717, 1.165) is 51.1 Å². The molecular weight excluding hydrogens is 312 g/mol. The number of amides is 2. The van der Waals surface area contributed by atoms with Gasteiger partial charge in [-0.2, -0.15) is 0 Å². The maximum atomic E-state index is 12.3. The van der Waals surface area contributed by atoms with Crippen molar-refractivity contribution in [3.05, 3.63) is 35.9 Å². The molecule has 0 aliphatic carbocycles. The summed E-state index contributed by atoms with van der Waals surface area (Å²) in [6, 6.07) is 6.38. The van der Waals surface area contributed by atoms with Crippen molar-refractivity contribution in [2.75, 3.05) is 43.4 Å². The van der Waals surface area contributed by atoms with Crippen molar-refractivity contribution in [1.29, 1.82) is 0 Å². The van der Waals surface area contributed by atoms with Crippen LogP contribution in [0.25, 0.3) is 0 Å². The van der Waals surface area contributed by atoms with Gasteiger partial charge in [0, 0.05) is 50.6 Å². The van der Waals surface area contributed by atoms with Crippen LogP contribution in [0.4, 0.5) is 16.2 Å². The van der Waals surface area contributed by atoms with Crippen LogP contribution in [0, 0.1) is 0 Å². The highest BCUT2D eigenvalue weighted by atomic mass is 16.2. The normalized spacial score (nSPS) is 18.6.